The molecule has 2 nitrogen and oxygen atoms in total. The normalized spacial score (nSPS) is 10.3. The van der Waals surface area contributed by atoms with Gasteiger partial charge in [0, 0.05) is 16.7 Å². The third kappa shape index (κ3) is 5.70. The zero-order valence-corrected chi connectivity index (χ0v) is 20.4. The maximum atomic E-state index is 13.5. The zero-order valence-electron chi connectivity index (χ0n) is 20.4. The van der Waals surface area contributed by atoms with Crippen LogP contribution in [0.1, 0.15) is 53.7 Å². The van der Waals surface area contributed by atoms with Gasteiger partial charge in [-0.2, -0.15) is 0 Å². The molecule has 0 atom stereocenters. The number of rotatable bonds is 7. The van der Waals surface area contributed by atoms with E-state index in [1.165, 1.54) is 0 Å². The second-order valence-corrected chi connectivity index (χ2v) is 8.38. The number of hydrogen-bond donors (Lipinski definition) is 0. The lowest BCUT2D eigenvalue weighted by molar-refractivity contribution is 0.0528. The Balaban J connectivity index is 2.09. The Hall–Kier alpha value is -4.09. The molecule has 0 saturated heterocycles. The van der Waals surface area contributed by atoms with Gasteiger partial charge in [-0.05, 0) is 60.2 Å². The average Bonchev–Trinajstić information content (AvgIpc) is 2.92. The van der Waals surface area contributed by atoms with E-state index in [2.05, 4.69) is 24.8 Å². The van der Waals surface area contributed by atoms with Crippen molar-refractivity contribution in [3.8, 4) is 34.1 Å². The molecule has 0 N–H and O–H groups in total. The summed E-state index contributed by atoms with van der Waals surface area (Å²) < 4.78 is 5.60. The van der Waals surface area contributed by atoms with Crippen molar-refractivity contribution in [2.24, 2.45) is 0 Å². The summed E-state index contributed by atoms with van der Waals surface area (Å²) in [5.74, 6) is 6.48. The second-order valence-electron chi connectivity index (χ2n) is 8.38. The Morgan fingerprint density at radius 2 is 1.37 bits per heavy atom. The van der Waals surface area contributed by atoms with Crippen LogP contribution in [0, 0.1) is 11.8 Å². The van der Waals surface area contributed by atoms with E-state index in [0.29, 0.717) is 12.2 Å². The fourth-order valence-corrected chi connectivity index (χ4v) is 4.26. The Labute approximate surface area is 208 Å². The number of unbranched alkanes of at least 4 members (excludes halogenated alkanes) is 1. The number of aryl methyl sites for hydroxylation is 1. The first-order valence-electron chi connectivity index (χ1n) is 12.3. The van der Waals surface area contributed by atoms with E-state index in [0.717, 1.165) is 58.2 Å². The fraction of sp³-hybridized carbons (Fsp3) is 0.182. The molecular weight excluding hydrogens is 428 g/mol. The van der Waals surface area contributed by atoms with Crippen molar-refractivity contribution in [1.82, 2.24) is 0 Å². The number of ether oxygens (including phenoxy) is 1. The maximum Gasteiger partial charge on any atom is 0.339 e. The van der Waals surface area contributed by atoms with Crippen molar-refractivity contribution in [2.45, 2.75) is 33.1 Å². The van der Waals surface area contributed by atoms with Gasteiger partial charge in [0.25, 0.3) is 0 Å². The van der Waals surface area contributed by atoms with E-state index in [1.54, 1.807) is 0 Å². The highest BCUT2D eigenvalue weighted by atomic mass is 16.5. The maximum absolute atomic E-state index is 13.5. The molecule has 4 rings (SSSR count). The van der Waals surface area contributed by atoms with Crippen LogP contribution in [0.4, 0.5) is 0 Å². The van der Waals surface area contributed by atoms with Crippen molar-refractivity contribution >= 4 is 5.97 Å². The first kappa shape index (κ1) is 24.0. The fourth-order valence-electron chi connectivity index (χ4n) is 4.26. The molecule has 0 amide bonds. The summed E-state index contributed by atoms with van der Waals surface area (Å²) >= 11 is 0. The molecule has 0 spiro atoms. The summed E-state index contributed by atoms with van der Waals surface area (Å²) in [6.07, 6.45) is 3.01. The van der Waals surface area contributed by atoms with Gasteiger partial charge in [0.2, 0.25) is 0 Å². The predicted molar refractivity (Wildman–Crippen MR) is 144 cm³/mol. The molecule has 0 radical (unpaired) electrons. The number of carbonyl (C=O) groups excluding carboxylic acids is 1. The first-order chi connectivity index (χ1) is 17.2. The van der Waals surface area contributed by atoms with Gasteiger partial charge >= 0.3 is 5.97 Å². The van der Waals surface area contributed by atoms with Gasteiger partial charge in [0.05, 0.1) is 12.2 Å². The lowest BCUT2D eigenvalue weighted by Gasteiger charge is -2.20. The molecule has 2 heteroatoms. The van der Waals surface area contributed by atoms with Gasteiger partial charge in [0.1, 0.15) is 0 Å². The molecule has 0 saturated carbocycles. The van der Waals surface area contributed by atoms with Crippen LogP contribution in [0.3, 0.4) is 0 Å². The number of hydrogen-bond acceptors (Lipinski definition) is 2. The van der Waals surface area contributed by atoms with E-state index in [4.69, 9.17) is 4.74 Å². The SMILES string of the molecule is CCCCc1cc(-c2ccccc2)c(C(=O)OCC)c(-c2ccccc2)c1C#Cc1ccccc1. The summed E-state index contributed by atoms with van der Waals surface area (Å²) in [7, 11) is 0. The van der Waals surface area contributed by atoms with Crippen LogP contribution in [0.5, 0.6) is 0 Å². The van der Waals surface area contributed by atoms with Crippen molar-refractivity contribution in [3.05, 3.63) is 119 Å². The second kappa shape index (κ2) is 11.9. The number of carbonyl (C=O) groups is 1. The van der Waals surface area contributed by atoms with Crippen LogP contribution < -0.4 is 0 Å². The number of benzene rings is 4. The molecular formula is C33H30O2. The summed E-state index contributed by atoms with van der Waals surface area (Å²) in [4.78, 5) is 13.5. The highest BCUT2D eigenvalue weighted by Gasteiger charge is 2.25. The molecule has 0 aliphatic carbocycles. The molecule has 4 aromatic rings. The molecule has 0 aliphatic heterocycles. The average molecular weight is 459 g/mol. The van der Waals surface area contributed by atoms with Crippen LogP contribution in [-0.2, 0) is 11.2 Å². The molecule has 174 valence electrons. The van der Waals surface area contributed by atoms with Gasteiger partial charge in [0.15, 0.2) is 0 Å². The summed E-state index contributed by atoms with van der Waals surface area (Å²) in [6.45, 7) is 4.34. The van der Waals surface area contributed by atoms with Gasteiger partial charge < -0.3 is 4.74 Å². The first-order valence-corrected chi connectivity index (χ1v) is 12.3. The predicted octanol–water partition coefficient (Wildman–Crippen LogP) is 7.94. The van der Waals surface area contributed by atoms with Crippen molar-refractivity contribution in [2.75, 3.05) is 6.61 Å². The molecule has 4 aromatic carbocycles. The summed E-state index contributed by atoms with van der Waals surface area (Å²) in [6, 6.07) is 32.3. The minimum atomic E-state index is -0.324. The van der Waals surface area contributed by atoms with Crippen molar-refractivity contribution in [3.63, 3.8) is 0 Å². The van der Waals surface area contributed by atoms with Crippen LogP contribution in [0.25, 0.3) is 22.3 Å². The zero-order chi connectivity index (χ0) is 24.5. The van der Waals surface area contributed by atoms with Crippen molar-refractivity contribution in [1.29, 1.82) is 0 Å². The van der Waals surface area contributed by atoms with E-state index < -0.39 is 0 Å². The lowest BCUT2D eigenvalue weighted by Crippen LogP contribution is -2.12. The highest BCUT2D eigenvalue weighted by molar-refractivity contribution is 6.06. The Morgan fingerprint density at radius 1 is 0.771 bits per heavy atom. The molecule has 0 aromatic heterocycles. The summed E-state index contributed by atoms with van der Waals surface area (Å²) in [5.41, 5.74) is 7.26. The number of esters is 1. The van der Waals surface area contributed by atoms with Gasteiger partial charge in [-0.1, -0.05) is 104 Å². The van der Waals surface area contributed by atoms with Gasteiger partial charge in [-0.3, -0.25) is 0 Å². The Morgan fingerprint density at radius 3 is 1.97 bits per heavy atom. The Kier molecular flexibility index (Phi) is 8.15. The Bertz CT molecular complexity index is 1330. The smallest absolute Gasteiger partial charge is 0.339 e. The third-order valence-electron chi connectivity index (χ3n) is 5.94. The highest BCUT2D eigenvalue weighted by Crippen LogP contribution is 2.38. The minimum absolute atomic E-state index is 0.309. The van der Waals surface area contributed by atoms with Gasteiger partial charge in [-0.15, -0.1) is 0 Å². The van der Waals surface area contributed by atoms with E-state index in [9.17, 15) is 4.79 Å². The molecule has 0 fully saturated rings. The van der Waals surface area contributed by atoms with Gasteiger partial charge in [-0.25, -0.2) is 4.79 Å². The third-order valence-corrected chi connectivity index (χ3v) is 5.94. The molecule has 0 aliphatic rings. The summed E-state index contributed by atoms with van der Waals surface area (Å²) in [5, 5.41) is 0. The minimum Gasteiger partial charge on any atom is -0.462 e. The van der Waals surface area contributed by atoms with Crippen LogP contribution in [0.15, 0.2) is 97.1 Å². The van der Waals surface area contributed by atoms with E-state index in [-0.39, 0.29) is 5.97 Å². The largest absolute Gasteiger partial charge is 0.462 e. The van der Waals surface area contributed by atoms with Crippen LogP contribution in [0.2, 0.25) is 0 Å². The van der Waals surface area contributed by atoms with E-state index in [1.807, 2.05) is 97.9 Å². The topological polar surface area (TPSA) is 26.3 Å². The standard InChI is InChI=1S/C33H30O2/c1-3-5-17-28-24-30(26-18-11-7-12-19-26)32(33(34)35-4-2)31(27-20-13-8-14-21-27)29(28)23-22-25-15-9-6-10-16-25/h6-16,18-21,24H,3-5,17H2,1-2H3. The van der Waals surface area contributed by atoms with E-state index >= 15 is 0 Å². The molecule has 0 unspecified atom stereocenters. The lowest BCUT2D eigenvalue weighted by atomic mass is 9.84. The van der Waals surface area contributed by atoms with Crippen LogP contribution >= 0.6 is 0 Å². The molecule has 0 bridgehead atoms. The molecule has 0 heterocycles. The quantitative estimate of drug-likeness (QED) is 0.207. The van der Waals surface area contributed by atoms with Crippen LogP contribution in [-0.4, -0.2) is 12.6 Å². The molecule has 35 heavy (non-hydrogen) atoms. The monoisotopic (exact) mass is 458 g/mol. The van der Waals surface area contributed by atoms with Crippen molar-refractivity contribution < 1.29 is 9.53 Å².